The van der Waals surface area contributed by atoms with Crippen LogP contribution in [0.25, 0.3) is 0 Å². The Hall–Kier alpha value is -0.240. The predicted molar refractivity (Wildman–Crippen MR) is 57.4 cm³/mol. The minimum atomic E-state index is -0.245. The summed E-state index contributed by atoms with van der Waals surface area (Å²) in [7, 11) is 0. The molecule has 100 valence electrons. The molecule has 0 spiro atoms. The van der Waals surface area contributed by atoms with Crippen molar-refractivity contribution in [3.8, 4) is 0 Å². The van der Waals surface area contributed by atoms with Gasteiger partial charge in [0.1, 0.15) is 12.6 Å². The van der Waals surface area contributed by atoms with Crippen LogP contribution >= 0.6 is 0 Å². The third-order valence-electron chi connectivity index (χ3n) is 1.98. The van der Waals surface area contributed by atoms with Crippen LogP contribution in [0.5, 0.6) is 0 Å². The lowest BCUT2D eigenvalue weighted by molar-refractivity contribution is -0.947. The standard InChI is InChI=1S/C7H17NO5.C3H8/c9-3-1-7(5-10)8(6-11)2-4-13-12;1-3-2/h7,9-12H,1-6H2;3H2,1-2H3. The molecule has 0 amide bonds. The van der Waals surface area contributed by atoms with Gasteiger partial charge in [0.15, 0.2) is 6.73 Å². The van der Waals surface area contributed by atoms with Gasteiger partial charge >= 0.3 is 0 Å². The molecule has 0 aromatic heterocycles. The maximum absolute atomic E-state index is 9.71. The predicted octanol–water partition coefficient (Wildman–Crippen LogP) is -2.73. The maximum Gasteiger partial charge on any atom is 0.179 e. The highest BCUT2D eigenvalue weighted by Crippen LogP contribution is 1.83. The van der Waals surface area contributed by atoms with Crippen LogP contribution in [0.3, 0.4) is 0 Å². The lowest BCUT2D eigenvalue weighted by Crippen LogP contribution is -3.17. The summed E-state index contributed by atoms with van der Waals surface area (Å²) in [6.45, 7) is 4.19. The molecule has 0 radical (unpaired) electrons. The second-order valence-corrected chi connectivity index (χ2v) is 3.49. The molecule has 0 heterocycles. The van der Waals surface area contributed by atoms with Crippen molar-refractivity contribution in [1.29, 1.82) is 0 Å². The van der Waals surface area contributed by atoms with E-state index >= 15 is 0 Å². The zero-order valence-electron chi connectivity index (χ0n) is 10.2. The van der Waals surface area contributed by atoms with E-state index in [0.717, 1.165) is 0 Å². The Morgan fingerprint density at radius 2 is 1.81 bits per heavy atom. The largest absolute Gasteiger partial charge is 0.723 e. The Morgan fingerprint density at radius 3 is 2.12 bits per heavy atom. The highest BCUT2D eigenvalue weighted by molar-refractivity contribution is 4.51. The van der Waals surface area contributed by atoms with Crippen LogP contribution in [-0.2, 0) is 4.89 Å². The van der Waals surface area contributed by atoms with Crippen LogP contribution in [0.1, 0.15) is 26.7 Å². The summed E-state index contributed by atoms with van der Waals surface area (Å²) in [5.41, 5.74) is 0. The first kappa shape index (κ1) is 18.1. The van der Waals surface area contributed by atoms with Crippen molar-refractivity contribution < 1.29 is 30.4 Å². The zero-order chi connectivity index (χ0) is 12.8. The van der Waals surface area contributed by atoms with E-state index in [1.165, 1.54) is 6.42 Å². The van der Waals surface area contributed by atoms with Gasteiger partial charge in [0, 0.05) is 13.0 Å². The molecule has 0 aromatic carbocycles. The van der Waals surface area contributed by atoms with Crippen molar-refractivity contribution in [3.63, 3.8) is 0 Å². The summed E-state index contributed by atoms with van der Waals surface area (Å²) in [6, 6.07) is -0.245. The van der Waals surface area contributed by atoms with Crippen molar-refractivity contribution in [2.24, 2.45) is 0 Å². The molecule has 2 atom stereocenters. The van der Waals surface area contributed by atoms with Gasteiger partial charge < -0.3 is 30.4 Å². The van der Waals surface area contributed by atoms with E-state index in [-0.39, 0.29) is 32.6 Å². The highest BCUT2D eigenvalue weighted by atomic mass is 17.1. The number of aliphatic hydroxyl groups is 3. The summed E-state index contributed by atoms with van der Waals surface area (Å²) in [5.74, 6) is 0. The molecule has 0 saturated heterocycles. The highest BCUT2D eigenvalue weighted by Gasteiger charge is 2.19. The second kappa shape index (κ2) is 14.8. The van der Waals surface area contributed by atoms with Crippen molar-refractivity contribution in [2.75, 3.05) is 33.1 Å². The first-order valence-electron chi connectivity index (χ1n) is 5.63. The first-order valence-corrected chi connectivity index (χ1v) is 5.63. The number of hydrogen-bond acceptors (Lipinski definition) is 5. The van der Waals surface area contributed by atoms with Gasteiger partial charge in [-0.25, -0.2) is 0 Å². The molecule has 2 unspecified atom stereocenters. The monoisotopic (exact) mass is 239 g/mol. The normalized spacial score (nSPS) is 13.9. The van der Waals surface area contributed by atoms with Crippen LogP contribution in [0.2, 0.25) is 0 Å². The summed E-state index contributed by atoms with van der Waals surface area (Å²) in [5, 5.41) is 36.1. The van der Waals surface area contributed by atoms with Gasteiger partial charge in [0.25, 0.3) is 0 Å². The average molecular weight is 239 g/mol. The molecule has 6 heteroatoms. The molecule has 0 aliphatic rings. The number of rotatable bonds is 8. The molecule has 0 aliphatic heterocycles. The van der Waals surface area contributed by atoms with E-state index in [4.69, 9.17) is 15.3 Å². The van der Waals surface area contributed by atoms with Gasteiger partial charge in [-0.1, -0.05) is 20.3 Å². The third-order valence-corrected chi connectivity index (χ3v) is 1.98. The van der Waals surface area contributed by atoms with E-state index in [0.29, 0.717) is 17.9 Å². The molecule has 4 N–H and O–H groups in total. The van der Waals surface area contributed by atoms with Crippen LogP contribution in [0.4, 0.5) is 0 Å². The fraction of sp³-hybridized carbons (Fsp3) is 1.00. The van der Waals surface area contributed by atoms with E-state index in [9.17, 15) is 5.26 Å². The fourth-order valence-corrected chi connectivity index (χ4v) is 1.17. The van der Waals surface area contributed by atoms with Crippen molar-refractivity contribution in [3.05, 3.63) is 0 Å². The molecule has 0 aliphatic carbocycles. The van der Waals surface area contributed by atoms with E-state index in [2.05, 4.69) is 18.7 Å². The first-order chi connectivity index (χ1) is 7.71. The molecule has 0 rings (SSSR count). The smallest absolute Gasteiger partial charge is 0.179 e. The summed E-state index contributed by atoms with van der Waals surface area (Å²) >= 11 is 0. The van der Waals surface area contributed by atoms with Crippen LogP contribution in [0, 0.1) is 0 Å². The number of hydrogen-bond donors (Lipinski definition) is 4. The lowest BCUT2D eigenvalue weighted by atomic mass is 10.2. The van der Waals surface area contributed by atoms with E-state index in [1.54, 1.807) is 0 Å². The van der Waals surface area contributed by atoms with Crippen LogP contribution in [0.15, 0.2) is 0 Å². The third kappa shape index (κ3) is 10.3. The summed E-state index contributed by atoms with van der Waals surface area (Å²) < 4.78 is 0. The molecular weight excluding hydrogens is 214 g/mol. The number of nitrogens with one attached hydrogen (secondary N) is 1. The lowest BCUT2D eigenvalue weighted by Gasteiger charge is -2.25. The molecule has 0 fully saturated rings. The van der Waals surface area contributed by atoms with Gasteiger partial charge in [-0.2, -0.15) is 0 Å². The zero-order valence-corrected chi connectivity index (χ0v) is 10.2. The number of quaternary nitrogens is 1. The minimum Gasteiger partial charge on any atom is -0.723 e. The van der Waals surface area contributed by atoms with Crippen molar-refractivity contribution in [2.45, 2.75) is 32.7 Å². The summed E-state index contributed by atoms with van der Waals surface area (Å²) in [6.07, 6.45) is 1.64. The Bertz CT molecular complexity index is 126. The molecule has 0 aromatic rings. The van der Waals surface area contributed by atoms with Crippen LogP contribution in [-0.4, -0.2) is 54.5 Å². The molecule has 16 heavy (non-hydrogen) atoms. The van der Waals surface area contributed by atoms with E-state index < -0.39 is 0 Å². The minimum absolute atomic E-state index is 0.0160. The van der Waals surface area contributed by atoms with Gasteiger partial charge in [0.2, 0.25) is 0 Å². The quantitative estimate of drug-likeness (QED) is 0.209. The van der Waals surface area contributed by atoms with Gasteiger partial charge in [-0.05, 0) is 0 Å². The SMILES string of the molecule is CCC.[O-]OCC[NH+](CO)C(CO)CCO. The van der Waals surface area contributed by atoms with Crippen LogP contribution < -0.4 is 10.2 Å². The van der Waals surface area contributed by atoms with Crippen molar-refractivity contribution in [1.82, 2.24) is 0 Å². The molecular formula is C10H25NO5. The van der Waals surface area contributed by atoms with Gasteiger partial charge in [-0.15, -0.1) is 0 Å². The Morgan fingerprint density at radius 1 is 1.25 bits per heavy atom. The maximum atomic E-state index is 9.71. The average Bonchev–Trinajstić information content (AvgIpc) is 2.29. The topological polar surface area (TPSA) is 97.4 Å². The Labute approximate surface area is 97.0 Å². The number of aliphatic hydroxyl groups excluding tert-OH is 3. The van der Waals surface area contributed by atoms with E-state index in [1.807, 2.05) is 0 Å². The van der Waals surface area contributed by atoms with Crippen molar-refractivity contribution >= 4 is 0 Å². The van der Waals surface area contributed by atoms with Gasteiger partial charge in [-0.3, -0.25) is 0 Å². The molecule has 0 saturated carbocycles. The Kier molecular flexibility index (Phi) is 16.7. The second-order valence-electron chi connectivity index (χ2n) is 3.49. The fourth-order valence-electron chi connectivity index (χ4n) is 1.17. The molecule has 0 bridgehead atoms. The Balaban J connectivity index is 0. The summed E-state index contributed by atoms with van der Waals surface area (Å²) in [4.78, 5) is 4.27. The van der Waals surface area contributed by atoms with Gasteiger partial charge in [0.05, 0.1) is 13.2 Å². The molecule has 6 nitrogen and oxygen atoms in total.